The number of hydrogen-bond donors (Lipinski definition) is 2. The van der Waals surface area contributed by atoms with Crippen molar-refractivity contribution in [3.63, 3.8) is 0 Å². The number of amidine groups is 1. The van der Waals surface area contributed by atoms with Gasteiger partial charge in [-0.1, -0.05) is 5.16 Å². The molecule has 0 unspecified atom stereocenters. The predicted octanol–water partition coefficient (Wildman–Crippen LogP) is 0.621. The van der Waals surface area contributed by atoms with Crippen molar-refractivity contribution in [3.05, 3.63) is 23.4 Å². The number of oxime groups is 1. The van der Waals surface area contributed by atoms with Crippen LogP contribution < -0.4 is 5.73 Å². The van der Waals surface area contributed by atoms with Crippen LogP contribution in [0, 0.1) is 6.92 Å². The van der Waals surface area contributed by atoms with E-state index in [0.717, 1.165) is 5.69 Å². The van der Waals surface area contributed by atoms with Crippen molar-refractivity contribution >= 4 is 27.4 Å². The van der Waals surface area contributed by atoms with Gasteiger partial charge in [-0.15, -0.1) is 11.8 Å². The van der Waals surface area contributed by atoms with Crippen LogP contribution in [0.15, 0.2) is 22.3 Å². The summed E-state index contributed by atoms with van der Waals surface area (Å²) in [6, 6.07) is 3.44. The standard InChI is InChI=1S/C10H15N3O3S2/c1-7-3-4-8(9(11)13-14)10(12-7)17-5-6-18(2,15)16/h3-4,14H,5-6H2,1-2H3,(H2,11,13). The van der Waals surface area contributed by atoms with Gasteiger partial charge >= 0.3 is 0 Å². The summed E-state index contributed by atoms with van der Waals surface area (Å²) in [6.07, 6.45) is 1.18. The normalized spacial score (nSPS) is 12.7. The molecule has 0 radical (unpaired) electrons. The van der Waals surface area contributed by atoms with Gasteiger partial charge in [0.05, 0.1) is 11.3 Å². The Bertz CT molecular complexity index is 555. The molecule has 3 N–H and O–H groups in total. The molecule has 8 heteroatoms. The molecule has 0 aromatic carbocycles. The second kappa shape index (κ2) is 6.05. The SMILES string of the molecule is Cc1ccc(C(N)=NO)c(SCCS(C)(=O)=O)n1. The van der Waals surface area contributed by atoms with E-state index >= 15 is 0 Å². The molecule has 0 aliphatic rings. The zero-order valence-electron chi connectivity index (χ0n) is 10.1. The number of nitrogens with zero attached hydrogens (tertiary/aromatic N) is 2. The van der Waals surface area contributed by atoms with Crippen molar-refractivity contribution in [1.29, 1.82) is 0 Å². The molecule has 0 amide bonds. The van der Waals surface area contributed by atoms with Crippen molar-refractivity contribution in [1.82, 2.24) is 4.98 Å². The van der Waals surface area contributed by atoms with Crippen LogP contribution in [0.5, 0.6) is 0 Å². The number of aryl methyl sites for hydroxylation is 1. The number of pyridine rings is 1. The quantitative estimate of drug-likeness (QED) is 0.271. The molecule has 0 saturated heterocycles. The molecule has 1 aromatic heterocycles. The number of aromatic nitrogens is 1. The molecule has 0 saturated carbocycles. The van der Waals surface area contributed by atoms with Crippen LogP contribution in [0.2, 0.25) is 0 Å². The lowest BCUT2D eigenvalue weighted by Gasteiger charge is -2.07. The highest BCUT2D eigenvalue weighted by molar-refractivity contribution is 8.00. The molecule has 1 rings (SSSR count). The lowest BCUT2D eigenvalue weighted by molar-refractivity contribution is 0.318. The van der Waals surface area contributed by atoms with Crippen LogP contribution in [-0.4, -0.2) is 42.2 Å². The minimum absolute atomic E-state index is 0.0376. The van der Waals surface area contributed by atoms with Crippen LogP contribution in [0.4, 0.5) is 0 Å². The Labute approximate surface area is 110 Å². The average Bonchev–Trinajstić information content (AvgIpc) is 2.26. The van der Waals surface area contributed by atoms with Crippen LogP contribution in [0.25, 0.3) is 0 Å². The van der Waals surface area contributed by atoms with Gasteiger partial charge in [0.15, 0.2) is 5.84 Å². The number of hydrogen-bond acceptors (Lipinski definition) is 6. The van der Waals surface area contributed by atoms with Gasteiger partial charge in [0.25, 0.3) is 0 Å². The molecule has 100 valence electrons. The fraction of sp³-hybridized carbons (Fsp3) is 0.400. The summed E-state index contributed by atoms with van der Waals surface area (Å²) in [7, 11) is -3.00. The number of nitrogens with two attached hydrogens (primary N) is 1. The van der Waals surface area contributed by atoms with Gasteiger partial charge in [0, 0.05) is 17.7 Å². The molecule has 0 aliphatic carbocycles. The van der Waals surface area contributed by atoms with Gasteiger partial charge in [-0.3, -0.25) is 0 Å². The van der Waals surface area contributed by atoms with Gasteiger partial charge in [-0.2, -0.15) is 0 Å². The van der Waals surface area contributed by atoms with E-state index in [4.69, 9.17) is 10.9 Å². The maximum atomic E-state index is 11.0. The molecule has 0 aliphatic heterocycles. The van der Waals surface area contributed by atoms with E-state index < -0.39 is 9.84 Å². The first-order valence-corrected chi connectivity index (χ1v) is 8.14. The van der Waals surface area contributed by atoms with E-state index in [1.165, 1.54) is 18.0 Å². The number of sulfone groups is 1. The molecule has 0 atom stereocenters. The monoisotopic (exact) mass is 289 g/mol. The molecule has 0 bridgehead atoms. The second-order valence-corrected chi connectivity index (χ2v) is 7.11. The maximum absolute atomic E-state index is 11.0. The van der Waals surface area contributed by atoms with E-state index in [1.807, 2.05) is 6.92 Å². The largest absolute Gasteiger partial charge is 0.409 e. The Balaban J connectivity index is 2.90. The third kappa shape index (κ3) is 4.53. The maximum Gasteiger partial charge on any atom is 0.172 e. The first-order chi connectivity index (χ1) is 8.33. The van der Waals surface area contributed by atoms with Gasteiger partial charge < -0.3 is 10.9 Å². The van der Waals surface area contributed by atoms with Gasteiger partial charge in [0.1, 0.15) is 14.9 Å². The first kappa shape index (κ1) is 14.8. The lowest BCUT2D eigenvalue weighted by atomic mass is 10.2. The molecular weight excluding hydrogens is 274 g/mol. The Hall–Kier alpha value is -1.28. The van der Waals surface area contributed by atoms with Crippen molar-refractivity contribution in [2.45, 2.75) is 11.9 Å². The fourth-order valence-electron chi connectivity index (χ4n) is 1.18. The summed E-state index contributed by atoms with van der Waals surface area (Å²) >= 11 is 1.27. The van der Waals surface area contributed by atoms with Crippen molar-refractivity contribution in [2.24, 2.45) is 10.9 Å². The minimum Gasteiger partial charge on any atom is -0.409 e. The van der Waals surface area contributed by atoms with Crippen LogP contribution in [-0.2, 0) is 9.84 Å². The topological polar surface area (TPSA) is 106 Å². The summed E-state index contributed by atoms with van der Waals surface area (Å²) in [6.45, 7) is 1.82. The van der Waals surface area contributed by atoms with E-state index in [1.54, 1.807) is 12.1 Å². The van der Waals surface area contributed by atoms with E-state index in [-0.39, 0.29) is 11.6 Å². The van der Waals surface area contributed by atoms with Crippen LogP contribution in [0.1, 0.15) is 11.3 Å². The molecule has 18 heavy (non-hydrogen) atoms. The summed E-state index contributed by atoms with van der Waals surface area (Å²) in [5, 5.41) is 12.2. The van der Waals surface area contributed by atoms with Gasteiger partial charge in [-0.25, -0.2) is 13.4 Å². The Morgan fingerprint density at radius 3 is 2.78 bits per heavy atom. The lowest BCUT2D eigenvalue weighted by Crippen LogP contribution is -2.15. The summed E-state index contributed by atoms with van der Waals surface area (Å²) in [5.41, 5.74) is 6.82. The van der Waals surface area contributed by atoms with Gasteiger partial charge in [-0.05, 0) is 19.1 Å². The van der Waals surface area contributed by atoms with Crippen molar-refractivity contribution in [2.75, 3.05) is 17.8 Å². The van der Waals surface area contributed by atoms with E-state index in [0.29, 0.717) is 16.3 Å². The molecule has 0 fully saturated rings. The van der Waals surface area contributed by atoms with Crippen molar-refractivity contribution in [3.8, 4) is 0 Å². The highest BCUT2D eigenvalue weighted by Gasteiger charge is 2.11. The van der Waals surface area contributed by atoms with Crippen LogP contribution in [0.3, 0.4) is 0 Å². The molecule has 0 spiro atoms. The minimum atomic E-state index is -3.00. The average molecular weight is 289 g/mol. The zero-order chi connectivity index (χ0) is 13.8. The van der Waals surface area contributed by atoms with Crippen LogP contribution >= 0.6 is 11.8 Å². The summed E-state index contributed by atoms with van der Waals surface area (Å²) < 4.78 is 22.1. The highest BCUT2D eigenvalue weighted by atomic mass is 32.2. The Morgan fingerprint density at radius 2 is 2.22 bits per heavy atom. The van der Waals surface area contributed by atoms with Gasteiger partial charge in [0.2, 0.25) is 0 Å². The number of thioether (sulfide) groups is 1. The Morgan fingerprint density at radius 1 is 1.56 bits per heavy atom. The first-order valence-electron chi connectivity index (χ1n) is 5.09. The molecular formula is C10H15N3O3S2. The Kier molecular flexibility index (Phi) is 4.97. The highest BCUT2D eigenvalue weighted by Crippen LogP contribution is 2.21. The fourth-order valence-corrected chi connectivity index (χ4v) is 3.46. The molecule has 1 aromatic rings. The molecule has 1 heterocycles. The molecule has 6 nitrogen and oxygen atoms in total. The summed E-state index contributed by atoms with van der Waals surface area (Å²) in [4.78, 5) is 4.26. The van der Waals surface area contributed by atoms with Crippen molar-refractivity contribution < 1.29 is 13.6 Å². The van der Waals surface area contributed by atoms with E-state index in [9.17, 15) is 8.42 Å². The smallest absolute Gasteiger partial charge is 0.172 e. The third-order valence-electron chi connectivity index (χ3n) is 2.08. The predicted molar refractivity (Wildman–Crippen MR) is 71.9 cm³/mol. The van der Waals surface area contributed by atoms with E-state index in [2.05, 4.69) is 10.1 Å². The summed E-state index contributed by atoms with van der Waals surface area (Å²) in [5.74, 6) is 0.397. The second-order valence-electron chi connectivity index (χ2n) is 3.77. The number of rotatable bonds is 5. The third-order valence-corrected chi connectivity index (χ3v) is 4.27. The zero-order valence-corrected chi connectivity index (χ0v) is 11.8.